The first-order chi connectivity index (χ1) is 11.2. The lowest BCUT2D eigenvalue weighted by atomic mass is 9.95. The lowest BCUT2D eigenvalue weighted by Crippen LogP contribution is -2.40. The lowest BCUT2D eigenvalue weighted by molar-refractivity contribution is -0.121. The number of thioether (sulfide) groups is 1. The maximum atomic E-state index is 12.2. The molecule has 2 aromatic heterocycles. The lowest BCUT2D eigenvalue weighted by Gasteiger charge is -2.24. The van der Waals surface area contributed by atoms with Gasteiger partial charge in [0.25, 0.3) is 0 Å². The molecule has 23 heavy (non-hydrogen) atoms. The molecular weight excluding hydrogens is 330 g/mol. The Balaban J connectivity index is 1.46. The van der Waals surface area contributed by atoms with Gasteiger partial charge < -0.3 is 9.84 Å². The van der Waals surface area contributed by atoms with Crippen molar-refractivity contribution in [3.05, 3.63) is 23.4 Å². The Morgan fingerprint density at radius 1 is 1.48 bits per heavy atom. The van der Waals surface area contributed by atoms with Crippen molar-refractivity contribution in [1.82, 2.24) is 15.5 Å². The van der Waals surface area contributed by atoms with Crippen LogP contribution in [-0.2, 0) is 10.5 Å². The van der Waals surface area contributed by atoms with Gasteiger partial charge in [-0.05, 0) is 31.2 Å². The Bertz CT molecular complexity index is 621. The van der Waals surface area contributed by atoms with Gasteiger partial charge in [0.2, 0.25) is 17.6 Å². The highest BCUT2D eigenvalue weighted by molar-refractivity contribution is 7.99. The number of hydrogen-bond donors (Lipinski definition) is 1. The number of carbonyl (C=O) groups excluding carboxylic acids is 1. The molecule has 0 aromatic carbocycles. The number of nitrogens with one attached hydrogen (secondary N) is 1. The minimum Gasteiger partial charge on any atom is -0.352 e. The third-order valence-corrected chi connectivity index (χ3v) is 5.98. The fourth-order valence-electron chi connectivity index (χ4n) is 2.66. The Labute approximate surface area is 144 Å². The first-order valence-corrected chi connectivity index (χ1v) is 9.93. The summed E-state index contributed by atoms with van der Waals surface area (Å²) in [6.07, 6.45) is 5.95. The zero-order valence-electron chi connectivity index (χ0n) is 13.2. The van der Waals surface area contributed by atoms with Gasteiger partial charge in [0.1, 0.15) is 0 Å². The van der Waals surface area contributed by atoms with Crippen LogP contribution in [0.25, 0.3) is 10.7 Å². The first kappa shape index (κ1) is 16.5. The van der Waals surface area contributed by atoms with E-state index in [1.54, 1.807) is 11.3 Å². The zero-order chi connectivity index (χ0) is 16.1. The van der Waals surface area contributed by atoms with Crippen molar-refractivity contribution in [3.8, 4) is 10.7 Å². The van der Waals surface area contributed by atoms with E-state index in [1.165, 1.54) is 31.0 Å². The van der Waals surface area contributed by atoms with Crippen molar-refractivity contribution in [1.29, 1.82) is 0 Å². The van der Waals surface area contributed by atoms with Gasteiger partial charge in [0, 0.05) is 6.04 Å². The summed E-state index contributed by atoms with van der Waals surface area (Å²) in [7, 11) is 0. The highest BCUT2D eigenvalue weighted by Crippen LogP contribution is 2.24. The summed E-state index contributed by atoms with van der Waals surface area (Å²) in [6, 6.07) is 4.28. The van der Waals surface area contributed by atoms with Gasteiger partial charge in [-0.25, -0.2) is 0 Å². The largest absolute Gasteiger partial charge is 0.352 e. The van der Waals surface area contributed by atoms with Gasteiger partial charge >= 0.3 is 0 Å². The average Bonchev–Trinajstić information content (AvgIpc) is 3.24. The summed E-state index contributed by atoms with van der Waals surface area (Å²) < 4.78 is 5.26. The standard InChI is InChI=1S/C16H21N3O2S2/c1-11(16(20)17-12-6-3-2-4-7-12)23-10-14-18-15(19-21-14)13-8-5-9-22-13/h5,8-9,11-12H,2-4,6-7,10H2,1H3,(H,17,20). The quantitative estimate of drug-likeness (QED) is 0.855. The van der Waals surface area contributed by atoms with Crippen LogP contribution in [0.4, 0.5) is 0 Å². The van der Waals surface area contributed by atoms with Gasteiger partial charge in [-0.3, -0.25) is 4.79 Å². The van der Waals surface area contributed by atoms with Crippen molar-refractivity contribution in [2.24, 2.45) is 0 Å². The van der Waals surface area contributed by atoms with E-state index in [0.29, 0.717) is 23.5 Å². The van der Waals surface area contributed by atoms with E-state index < -0.39 is 0 Å². The fraction of sp³-hybridized carbons (Fsp3) is 0.562. The smallest absolute Gasteiger partial charge is 0.237 e. The van der Waals surface area contributed by atoms with Gasteiger partial charge in [-0.2, -0.15) is 4.98 Å². The molecule has 1 saturated carbocycles. The maximum absolute atomic E-state index is 12.2. The van der Waals surface area contributed by atoms with Crippen LogP contribution in [0, 0.1) is 0 Å². The number of amides is 1. The predicted octanol–water partition coefficient (Wildman–Crippen LogP) is 3.87. The van der Waals surface area contributed by atoms with Crippen LogP contribution in [0.1, 0.15) is 44.9 Å². The monoisotopic (exact) mass is 351 g/mol. The van der Waals surface area contributed by atoms with E-state index in [2.05, 4.69) is 15.5 Å². The summed E-state index contributed by atoms with van der Waals surface area (Å²) in [4.78, 5) is 17.6. The molecule has 1 aliphatic rings. The molecule has 0 saturated heterocycles. The van der Waals surface area contributed by atoms with Crippen LogP contribution in [0.2, 0.25) is 0 Å². The average molecular weight is 351 g/mol. The summed E-state index contributed by atoms with van der Waals surface area (Å²) in [5.74, 6) is 1.85. The zero-order valence-corrected chi connectivity index (χ0v) is 14.8. The molecule has 7 heteroatoms. The molecule has 2 heterocycles. The van der Waals surface area contributed by atoms with Gasteiger partial charge in [0.15, 0.2) is 0 Å². The number of rotatable bonds is 6. The number of hydrogen-bond acceptors (Lipinski definition) is 6. The van der Waals surface area contributed by atoms with E-state index in [1.807, 2.05) is 24.4 Å². The normalized spacial score (nSPS) is 17.1. The number of thiophene rings is 1. The SMILES string of the molecule is CC(SCc1nc(-c2cccs2)no1)C(=O)NC1CCCCC1. The Hall–Kier alpha value is -1.34. The maximum Gasteiger partial charge on any atom is 0.237 e. The van der Waals surface area contributed by atoms with Crippen molar-refractivity contribution < 1.29 is 9.32 Å². The second-order valence-electron chi connectivity index (χ2n) is 5.79. The van der Waals surface area contributed by atoms with Crippen molar-refractivity contribution >= 4 is 29.0 Å². The minimum absolute atomic E-state index is 0.111. The van der Waals surface area contributed by atoms with E-state index in [-0.39, 0.29) is 11.2 Å². The highest BCUT2D eigenvalue weighted by Gasteiger charge is 2.20. The molecule has 1 fully saturated rings. The molecule has 0 radical (unpaired) electrons. The number of nitrogens with zero attached hydrogens (tertiary/aromatic N) is 2. The molecular formula is C16H21N3O2S2. The van der Waals surface area contributed by atoms with E-state index in [9.17, 15) is 4.79 Å². The summed E-state index contributed by atoms with van der Waals surface area (Å²) in [5, 5.41) is 9.01. The second-order valence-corrected chi connectivity index (χ2v) is 8.06. The van der Waals surface area contributed by atoms with Gasteiger partial charge in [0.05, 0.1) is 15.9 Å². The fourth-order valence-corrected chi connectivity index (χ4v) is 4.04. The predicted molar refractivity (Wildman–Crippen MR) is 93.4 cm³/mol. The molecule has 2 aromatic rings. The molecule has 5 nitrogen and oxygen atoms in total. The van der Waals surface area contributed by atoms with Crippen LogP contribution in [-0.4, -0.2) is 27.3 Å². The van der Waals surface area contributed by atoms with Gasteiger partial charge in [-0.15, -0.1) is 23.1 Å². The Morgan fingerprint density at radius 2 is 2.30 bits per heavy atom. The summed E-state index contributed by atoms with van der Waals surface area (Å²) in [6.45, 7) is 1.93. The molecule has 0 aliphatic heterocycles. The first-order valence-electron chi connectivity index (χ1n) is 8.01. The van der Waals surface area contributed by atoms with Gasteiger partial charge in [-0.1, -0.05) is 30.5 Å². The summed E-state index contributed by atoms with van der Waals surface area (Å²) in [5.41, 5.74) is 0. The Morgan fingerprint density at radius 3 is 3.04 bits per heavy atom. The molecule has 0 spiro atoms. The number of carbonyl (C=O) groups is 1. The van der Waals surface area contributed by atoms with Crippen LogP contribution in [0.3, 0.4) is 0 Å². The van der Waals surface area contributed by atoms with Crippen LogP contribution < -0.4 is 5.32 Å². The topological polar surface area (TPSA) is 68.0 Å². The van der Waals surface area contributed by atoms with Crippen molar-refractivity contribution in [3.63, 3.8) is 0 Å². The van der Waals surface area contributed by atoms with E-state index >= 15 is 0 Å². The molecule has 1 N–H and O–H groups in total. The molecule has 3 rings (SSSR count). The van der Waals surface area contributed by atoms with Crippen LogP contribution in [0.15, 0.2) is 22.0 Å². The second kappa shape index (κ2) is 7.97. The molecule has 1 unspecified atom stereocenters. The van der Waals surface area contributed by atoms with E-state index in [4.69, 9.17) is 4.52 Å². The number of aromatic nitrogens is 2. The molecule has 124 valence electrons. The Kier molecular flexibility index (Phi) is 5.72. The van der Waals surface area contributed by atoms with E-state index in [0.717, 1.165) is 17.7 Å². The van der Waals surface area contributed by atoms with Crippen molar-refractivity contribution in [2.45, 2.75) is 56.1 Å². The molecule has 1 aliphatic carbocycles. The van der Waals surface area contributed by atoms with Crippen LogP contribution >= 0.6 is 23.1 Å². The third-order valence-electron chi connectivity index (χ3n) is 3.99. The van der Waals surface area contributed by atoms with Crippen LogP contribution in [0.5, 0.6) is 0 Å². The molecule has 1 atom stereocenters. The highest BCUT2D eigenvalue weighted by atomic mass is 32.2. The molecule has 1 amide bonds. The molecule has 0 bridgehead atoms. The third kappa shape index (κ3) is 4.57. The van der Waals surface area contributed by atoms with Crippen molar-refractivity contribution in [2.75, 3.05) is 0 Å². The summed E-state index contributed by atoms with van der Waals surface area (Å²) >= 11 is 3.11. The minimum atomic E-state index is -0.117.